The van der Waals surface area contributed by atoms with Gasteiger partial charge >= 0.3 is 18.1 Å². The number of hydrogen-bond donors (Lipinski definition) is 2. The highest BCUT2D eigenvalue weighted by molar-refractivity contribution is 7.56. The van der Waals surface area contributed by atoms with Crippen molar-refractivity contribution in [2.75, 3.05) is 13.2 Å². The number of esters is 1. The first-order valence-corrected chi connectivity index (χ1v) is 11.6. The van der Waals surface area contributed by atoms with Gasteiger partial charge in [0.25, 0.3) is 7.52 Å². The van der Waals surface area contributed by atoms with Gasteiger partial charge in [-0.1, -0.05) is 13.0 Å². The third-order valence-electron chi connectivity index (χ3n) is 3.81. The molecule has 0 aliphatic rings. The van der Waals surface area contributed by atoms with E-state index in [9.17, 15) is 27.3 Å². The molecule has 1 unspecified atom stereocenters. The van der Waals surface area contributed by atoms with Gasteiger partial charge in [-0.05, 0) is 42.5 Å². The van der Waals surface area contributed by atoms with Crippen molar-refractivity contribution >= 4 is 40.9 Å². The summed E-state index contributed by atoms with van der Waals surface area (Å²) in [7, 11) is -4.15. The Balaban J connectivity index is 2.25. The SMILES string of the molecule is CCCOC(=O)[C@H](C)NP(=O)(Cc1ccc2sc(C(=O)O)cc2c1)OCC(F)(F)F. The van der Waals surface area contributed by atoms with Crippen molar-refractivity contribution < 1.29 is 41.7 Å². The molecular formula is C18H21F3NO6PS. The fraction of sp³-hybridized carbons (Fsp3) is 0.444. The second-order valence-corrected chi connectivity index (χ2v) is 9.79. The molecule has 0 amide bonds. The van der Waals surface area contributed by atoms with Crippen molar-refractivity contribution in [3.05, 3.63) is 34.7 Å². The molecule has 2 atom stereocenters. The number of benzene rings is 1. The molecule has 0 saturated carbocycles. The number of nitrogens with one attached hydrogen (secondary N) is 1. The Kier molecular flexibility index (Phi) is 8.04. The fourth-order valence-electron chi connectivity index (χ4n) is 2.52. The van der Waals surface area contributed by atoms with Gasteiger partial charge < -0.3 is 14.4 Å². The van der Waals surface area contributed by atoms with E-state index in [1.54, 1.807) is 13.0 Å². The number of carboxylic acid groups (broad SMARTS) is 1. The summed E-state index contributed by atoms with van der Waals surface area (Å²) in [6, 6.07) is 4.92. The first-order chi connectivity index (χ1) is 13.9. The first-order valence-electron chi connectivity index (χ1n) is 8.93. The number of rotatable bonds is 10. The van der Waals surface area contributed by atoms with Gasteiger partial charge in [-0.3, -0.25) is 9.36 Å². The number of carbonyl (C=O) groups excluding carboxylic acids is 1. The summed E-state index contributed by atoms with van der Waals surface area (Å²) < 4.78 is 61.4. The topological polar surface area (TPSA) is 102 Å². The maximum Gasteiger partial charge on any atom is 0.412 e. The maximum absolute atomic E-state index is 13.1. The van der Waals surface area contributed by atoms with Gasteiger partial charge in [-0.2, -0.15) is 13.2 Å². The van der Waals surface area contributed by atoms with E-state index in [-0.39, 0.29) is 11.5 Å². The summed E-state index contributed by atoms with van der Waals surface area (Å²) in [6.07, 6.45) is -4.58. The number of thiophene rings is 1. The molecule has 1 heterocycles. The molecule has 12 heteroatoms. The molecule has 0 fully saturated rings. The van der Waals surface area contributed by atoms with Gasteiger partial charge in [0.1, 0.15) is 10.9 Å². The molecule has 1 aromatic carbocycles. The lowest BCUT2D eigenvalue weighted by Crippen LogP contribution is -2.35. The third-order valence-corrected chi connectivity index (χ3v) is 7.02. The van der Waals surface area contributed by atoms with Crippen LogP contribution in [0.5, 0.6) is 0 Å². The van der Waals surface area contributed by atoms with Gasteiger partial charge in [0.15, 0.2) is 6.61 Å². The van der Waals surface area contributed by atoms with Crippen molar-refractivity contribution in [1.82, 2.24) is 5.09 Å². The van der Waals surface area contributed by atoms with Gasteiger partial charge in [-0.25, -0.2) is 9.88 Å². The number of halogens is 3. The highest BCUT2D eigenvalue weighted by Crippen LogP contribution is 2.48. The minimum atomic E-state index is -4.71. The molecule has 30 heavy (non-hydrogen) atoms. The molecule has 2 rings (SSSR count). The molecule has 1 aromatic heterocycles. The second kappa shape index (κ2) is 9.91. The van der Waals surface area contributed by atoms with E-state index in [2.05, 4.69) is 5.09 Å². The summed E-state index contributed by atoms with van der Waals surface area (Å²) >= 11 is 1.04. The van der Waals surface area contributed by atoms with E-state index < -0.39 is 44.4 Å². The second-order valence-electron chi connectivity index (χ2n) is 6.53. The first kappa shape index (κ1) is 24.3. The molecule has 0 radical (unpaired) electrons. The molecular weight excluding hydrogens is 446 g/mol. The number of alkyl halides is 3. The van der Waals surface area contributed by atoms with Gasteiger partial charge in [0, 0.05) is 4.70 Å². The highest BCUT2D eigenvalue weighted by Gasteiger charge is 2.36. The number of aromatic carboxylic acids is 1. The predicted molar refractivity (Wildman–Crippen MR) is 106 cm³/mol. The Hall–Kier alpha value is -1.94. The minimum absolute atomic E-state index is 0.101. The minimum Gasteiger partial charge on any atom is -0.477 e. The van der Waals surface area contributed by atoms with Crippen LogP contribution in [0.15, 0.2) is 24.3 Å². The van der Waals surface area contributed by atoms with Crippen LogP contribution in [0, 0.1) is 0 Å². The fourth-order valence-corrected chi connectivity index (χ4v) is 5.39. The normalized spacial score (nSPS) is 15.0. The largest absolute Gasteiger partial charge is 0.477 e. The van der Waals surface area contributed by atoms with E-state index >= 15 is 0 Å². The zero-order valence-electron chi connectivity index (χ0n) is 16.2. The summed E-state index contributed by atoms with van der Waals surface area (Å²) in [5.74, 6) is -1.86. The van der Waals surface area contributed by atoms with Crippen LogP contribution < -0.4 is 5.09 Å². The highest BCUT2D eigenvalue weighted by atomic mass is 32.1. The molecule has 0 saturated heterocycles. The zero-order valence-corrected chi connectivity index (χ0v) is 17.9. The number of hydrogen-bond acceptors (Lipinski definition) is 6. The Labute approximate surface area is 174 Å². The molecule has 7 nitrogen and oxygen atoms in total. The van der Waals surface area contributed by atoms with Crippen LogP contribution in [-0.2, 0) is 24.8 Å². The Bertz CT molecular complexity index is 961. The average Bonchev–Trinajstić information content (AvgIpc) is 3.07. The number of carboxylic acids is 1. The summed E-state index contributed by atoms with van der Waals surface area (Å²) in [4.78, 5) is 23.1. The molecule has 166 valence electrons. The van der Waals surface area contributed by atoms with Gasteiger partial charge in [0.2, 0.25) is 0 Å². The lowest BCUT2D eigenvalue weighted by Gasteiger charge is -2.23. The van der Waals surface area contributed by atoms with E-state index in [1.807, 2.05) is 0 Å². The number of ether oxygens (including phenoxy) is 1. The predicted octanol–water partition coefficient (Wildman–Crippen LogP) is 4.80. The van der Waals surface area contributed by atoms with E-state index in [0.717, 1.165) is 11.3 Å². The Morgan fingerprint density at radius 2 is 2.00 bits per heavy atom. The lowest BCUT2D eigenvalue weighted by molar-refractivity contribution is -0.153. The van der Waals surface area contributed by atoms with E-state index in [0.29, 0.717) is 22.1 Å². The van der Waals surface area contributed by atoms with Crippen LogP contribution in [0.1, 0.15) is 35.5 Å². The number of carbonyl (C=O) groups is 2. The summed E-state index contributed by atoms with van der Waals surface area (Å²) in [5, 5.41) is 12.0. The molecule has 2 N–H and O–H groups in total. The van der Waals surface area contributed by atoms with Crippen LogP contribution in [0.3, 0.4) is 0 Å². The van der Waals surface area contributed by atoms with Gasteiger partial charge in [0.05, 0.1) is 12.8 Å². The molecule has 0 aliphatic carbocycles. The van der Waals surface area contributed by atoms with Crippen LogP contribution >= 0.6 is 18.9 Å². The Morgan fingerprint density at radius 3 is 2.60 bits per heavy atom. The smallest absolute Gasteiger partial charge is 0.412 e. The summed E-state index contributed by atoms with van der Waals surface area (Å²) in [5.41, 5.74) is 0.365. The van der Waals surface area contributed by atoms with Crippen molar-refractivity contribution in [2.45, 2.75) is 38.6 Å². The monoisotopic (exact) mass is 467 g/mol. The van der Waals surface area contributed by atoms with E-state index in [4.69, 9.17) is 14.4 Å². The van der Waals surface area contributed by atoms with Crippen LogP contribution in [-0.4, -0.2) is 42.5 Å². The molecule has 2 aromatic rings. The number of fused-ring (bicyclic) bond motifs is 1. The van der Waals surface area contributed by atoms with Crippen molar-refractivity contribution in [3.8, 4) is 0 Å². The van der Waals surface area contributed by atoms with Crippen LogP contribution in [0.2, 0.25) is 0 Å². The maximum atomic E-state index is 13.1. The molecule has 0 bridgehead atoms. The van der Waals surface area contributed by atoms with Crippen molar-refractivity contribution in [2.24, 2.45) is 0 Å². The van der Waals surface area contributed by atoms with Gasteiger partial charge in [-0.15, -0.1) is 11.3 Å². The average molecular weight is 467 g/mol. The third kappa shape index (κ3) is 7.09. The lowest BCUT2D eigenvalue weighted by atomic mass is 10.2. The zero-order chi connectivity index (χ0) is 22.5. The van der Waals surface area contributed by atoms with E-state index in [1.165, 1.54) is 25.1 Å². The quantitative estimate of drug-likeness (QED) is 0.382. The standard InChI is InChI=1S/C18H21F3NO6PS/c1-3-6-27-17(25)11(2)22-29(26,28-10-18(19,20)21)9-12-4-5-14-13(7-12)8-15(30-14)16(23)24/h4-5,7-8,11H,3,6,9-10H2,1-2H3,(H,22,26)(H,23,24)/t11-,29?/m0/s1. The van der Waals surface area contributed by atoms with Crippen molar-refractivity contribution in [1.29, 1.82) is 0 Å². The molecule has 0 aliphatic heterocycles. The van der Waals surface area contributed by atoms with Crippen molar-refractivity contribution in [3.63, 3.8) is 0 Å². The summed E-state index contributed by atoms with van der Waals surface area (Å²) in [6.45, 7) is 1.47. The van der Waals surface area contributed by atoms with Crippen LogP contribution in [0.25, 0.3) is 10.1 Å². The molecule has 0 spiro atoms. The Morgan fingerprint density at radius 1 is 1.30 bits per heavy atom. The van der Waals surface area contributed by atoms with Crippen LogP contribution in [0.4, 0.5) is 13.2 Å².